The Morgan fingerprint density at radius 2 is 2.14 bits per heavy atom. The molecule has 0 N–H and O–H groups in total. The van der Waals surface area contributed by atoms with Crippen molar-refractivity contribution in [2.75, 3.05) is 6.54 Å². The smallest absolute Gasteiger partial charge is 0.410 e. The number of fused-ring (bicyclic) bond motifs is 1. The van der Waals surface area contributed by atoms with Crippen LogP contribution in [-0.4, -0.2) is 29.4 Å². The molecule has 1 saturated carbocycles. The molecule has 2 aliphatic carbocycles. The Bertz CT molecular complexity index is 652. The Kier molecular flexibility index (Phi) is 3.06. The molecule has 0 radical (unpaired) electrons. The highest BCUT2D eigenvalue weighted by molar-refractivity contribution is 5.95. The molecular weight excluding hydrogens is 278 g/mol. The molecule has 114 valence electrons. The van der Waals surface area contributed by atoms with Crippen LogP contribution in [0.15, 0.2) is 42.0 Å². The first-order chi connectivity index (χ1) is 10.7. The minimum Gasteiger partial charge on any atom is -0.445 e. The van der Waals surface area contributed by atoms with Crippen LogP contribution in [-0.2, 0) is 16.1 Å². The van der Waals surface area contributed by atoms with Crippen molar-refractivity contribution >= 4 is 11.9 Å². The van der Waals surface area contributed by atoms with Crippen molar-refractivity contribution < 1.29 is 14.3 Å². The van der Waals surface area contributed by atoms with Gasteiger partial charge in [-0.1, -0.05) is 35.9 Å². The highest BCUT2D eigenvalue weighted by Crippen LogP contribution is 2.55. The molecule has 4 nitrogen and oxygen atoms in total. The molecule has 2 atom stereocenters. The summed E-state index contributed by atoms with van der Waals surface area (Å²) in [4.78, 5) is 25.9. The molecule has 2 unspecified atom stereocenters. The molecule has 1 aromatic carbocycles. The van der Waals surface area contributed by atoms with Crippen LogP contribution in [0.5, 0.6) is 0 Å². The molecule has 1 spiro atoms. The van der Waals surface area contributed by atoms with Gasteiger partial charge in [-0.2, -0.15) is 0 Å². The van der Waals surface area contributed by atoms with E-state index in [0.717, 1.165) is 24.8 Å². The molecular formula is C18H19NO3. The molecule has 1 saturated heterocycles. The van der Waals surface area contributed by atoms with Gasteiger partial charge in [0.15, 0.2) is 5.78 Å². The predicted molar refractivity (Wildman–Crippen MR) is 81.1 cm³/mol. The van der Waals surface area contributed by atoms with E-state index in [4.69, 9.17) is 4.74 Å². The minimum atomic E-state index is -0.226. The molecule has 1 aliphatic heterocycles. The third-order valence-corrected chi connectivity index (χ3v) is 5.32. The van der Waals surface area contributed by atoms with Crippen molar-refractivity contribution in [1.29, 1.82) is 0 Å². The maximum absolute atomic E-state index is 12.4. The van der Waals surface area contributed by atoms with E-state index in [9.17, 15) is 9.59 Å². The van der Waals surface area contributed by atoms with Gasteiger partial charge in [-0.15, -0.1) is 0 Å². The average molecular weight is 297 g/mol. The first-order valence-corrected chi connectivity index (χ1v) is 7.87. The van der Waals surface area contributed by atoms with Gasteiger partial charge in [0.1, 0.15) is 6.61 Å². The van der Waals surface area contributed by atoms with E-state index in [0.29, 0.717) is 19.6 Å². The maximum atomic E-state index is 12.4. The molecule has 22 heavy (non-hydrogen) atoms. The van der Waals surface area contributed by atoms with E-state index < -0.39 is 0 Å². The van der Waals surface area contributed by atoms with Crippen LogP contribution in [0.3, 0.4) is 0 Å². The quantitative estimate of drug-likeness (QED) is 0.843. The second-order valence-corrected chi connectivity index (χ2v) is 6.64. The summed E-state index contributed by atoms with van der Waals surface area (Å²) in [5.41, 5.74) is 2.33. The summed E-state index contributed by atoms with van der Waals surface area (Å²) in [5, 5.41) is 0. The number of carbonyl (C=O) groups excluding carboxylic acids is 2. The molecule has 1 heterocycles. The van der Waals surface area contributed by atoms with E-state index in [1.807, 2.05) is 41.3 Å². The summed E-state index contributed by atoms with van der Waals surface area (Å²) in [5.74, 6) is 0.258. The normalized spacial score (nSPS) is 29.3. The summed E-state index contributed by atoms with van der Waals surface area (Å²) in [6.45, 7) is 1.01. The third-order valence-electron chi connectivity index (χ3n) is 5.32. The van der Waals surface area contributed by atoms with Crippen molar-refractivity contribution in [2.24, 2.45) is 5.41 Å². The summed E-state index contributed by atoms with van der Waals surface area (Å²) >= 11 is 0. The Labute approximate surface area is 129 Å². The molecule has 3 aliphatic rings. The molecule has 4 heteroatoms. The van der Waals surface area contributed by atoms with Crippen molar-refractivity contribution in [3.63, 3.8) is 0 Å². The zero-order valence-electron chi connectivity index (χ0n) is 12.5. The van der Waals surface area contributed by atoms with Crippen LogP contribution in [0.2, 0.25) is 0 Å². The maximum Gasteiger partial charge on any atom is 0.410 e. The zero-order valence-corrected chi connectivity index (χ0v) is 12.5. The summed E-state index contributed by atoms with van der Waals surface area (Å²) in [7, 11) is 0. The van der Waals surface area contributed by atoms with Gasteiger partial charge in [0, 0.05) is 24.4 Å². The van der Waals surface area contributed by atoms with E-state index in [2.05, 4.69) is 0 Å². The van der Waals surface area contributed by atoms with E-state index >= 15 is 0 Å². The second-order valence-electron chi connectivity index (χ2n) is 6.64. The molecule has 0 aromatic heterocycles. The van der Waals surface area contributed by atoms with Gasteiger partial charge in [0.25, 0.3) is 0 Å². The fourth-order valence-electron chi connectivity index (χ4n) is 4.23. The number of amides is 1. The van der Waals surface area contributed by atoms with E-state index in [1.54, 1.807) is 0 Å². The lowest BCUT2D eigenvalue weighted by atomic mass is 9.78. The molecule has 2 fully saturated rings. The van der Waals surface area contributed by atoms with Crippen LogP contribution < -0.4 is 0 Å². The number of carbonyl (C=O) groups is 2. The lowest BCUT2D eigenvalue weighted by Crippen LogP contribution is -2.45. The van der Waals surface area contributed by atoms with Crippen molar-refractivity contribution in [2.45, 2.75) is 38.3 Å². The van der Waals surface area contributed by atoms with Crippen molar-refractivity contribution in [1.82, 2.24) is 4.90 Å². The largest absolute Gasteiger partial charge is 0.445 e. The number of nitrogens with zero attached hydrogens (tertiary/aromatic N) is 1. The summed E-state index contributed by atoms with van der Waals surface area (Å²) < 4.78 is 5.46. The monoisotopic (exact) mass is 297 g/mol. The van der Waals surface area contributed by atoms with Gasteiger partial charge >= 0.3 is 6.09 Å². The predicted octanol–water partition coefficient (Wildman–Crippen LogP) is 3.08. The van der Waals surface area contributed by atoms with Crippen LogP contribution in [0.25, 0.3) is 0 Å². The fourth-order valence-corrected chi connectivity index (χ4v) is 4.23. The number of piperidine rings is 1. The highest BCUT2D eigenvalue weighted by atomic mass is 16.6. The molecule has 2 bridgehead atoms. The summed E-state index contributed by atoms with van der Waals surface area (Å²) in [6, 6.07) is 9.94. The fraction of sp³-hybridized carbons (Fsp3) is 0.444. The Morgan fingerprint density at radius 3 is 2.95 bits per heavy atom. The number of hydrogen-bond donors (Lipinski definition) is 0. The number of rotatable bonds is 2. The number of allylic oxidation sites excluding steroid dienone is 1. The number of ether oxygens (including phenoxy) is 1. The van der Waals surface area contributed by atoms with Gasteiger partial charge in [0.2, 0.25) is 0 Å². The number of likely N-dealkylation sites (tertiary alicyclic amines) is 1. The Morgan fingerprint density at radius 1 is 1.32 bits per heavy atom. The lowest BCUT2D eigenvalue weighted by Gasteiger charge is -2.37. The SMILES string of the molecule is O=C1C=C2CC3CC2(CCN3C(=O)OCc2ccccc2)C1. The van der Waals surface area contributed by atoms with Gasteiger partial charge in [0.05, 0.1) is 0 Å². The first kappa shape index (κ1) is 13.6. The summed E-state index contributed by atoms with van der Waals surface area (Å²) in [6.07, 6.45) is 4.89. The van der Waals surface area contributed by atoms with Crippen LogP contribution in [0.4, 0.5) is 4.79 Å². The van der Waals surface area contributed by atoms with Crippen LogP contribution >= 0.6 is 0 Å². The van der Waals surface area contributed by atoms with Gasteiger partial charge in [-0.05, 0) is 30.9 Å². The number of ketones is 1. The second kappa shape index (κ2) is 4.97. The number of benzene rings is 1. The highest BCUT2D eigenvalue weighted by Gasteiger charge is 2.53. The third kappa shape index (κ3) is 2.14. The van der Waals surface area contributed by atoms with Gasteiger partial charge in [-0.25, -0.2) is 4.79 Å². The van der Waals surface area contributed by atoms with Crippen molar-refractivity contribution in [3.8, 4) is 0 Å². The minimum absolute atomic E-state index is 0.0674. The molecule has 1 amide bonds. The van der Waals surface area contributed by atoms with Crippen molar-refractivity contribution in [3.05, 3.63) is 47.5 Å². The lowest BCUT2D eigenvalue weighted by molar-refractivity contribution is -0.115. The van der Waals surface area contributed by atoms with Gasteiger partial charge < -0.3 is 9.64 Å². The Balaban J connectivity index is 1.41. The Hall–Kier alpha value is -2.10. The van der Waals surface area contributed by atoms with Crippen LogP contribution in [0.1, 0.15) is 31.2 Å². The standard InChI is InChI=1S/C18H19NO3/c20-16-9-14-8-15-10-18(14,11-16)6-7-19(15)17(21)22-12-13-4-2-1-3-5-13/h1-5,9,15H,6-8,10-12H2. The number of hydrogen-bond acceptors (Lipinski definition) is 3. The zero-order chi connectivity index (χ0) is 15.2. The molecule has 4 rings (SSSR count). The van der Waals surface area contributed by atoms with Gasteiger partial charge in [-0.3, -0.25) is 4.79 Å². The molecule has 1 aromatic rings. The van der Waals surface area contributed by atoms with E-state index in [1.165, 1.54) is 5.57 Å². The average Bonchev–Trinajstić information content (AvgIpc) is 2.94. The topological polar surface area (TPSA) is 46.6 Å². The first-order valence-electron chi connectivity index (χ1n) is 7.87. The van der Waals surface area contributed by atoms with Crippen LogP contribution in [0, 0.1) is 5.41 Å². The van der Waals surface area contributed by atoms with E-state index in [-0.39, 0.29) is 23.3 Å².